The minimum atomic E-state index is -2.43. The van der Waals surface area contributed by atoms with E-state index in [1.807, 2.05) is 109 Å². The molecule has 184 valence electrons. The van der Waals surface area contributed by atoms with Crippen molar-refractivity contribution in [2.24, 2.45) is 0 Å². The lowest BCUT2D eigenvalue weighted by Crippen LogP contribution is -2.20. The predicted octanol–water partition coefficient (Wildman–Crippen LogP) is 6.81. The smallest absolute Gasteiger partial charge is 0.135 e. The van der Waals surface area contributed by atoms with E-state index in [2.05, 4.69) is 22.8 Å². The van der Waals surface area contributed by atoms with Crippen LogP contribution in [0.25, 0.3) is 21.5 Å². The van der Waals surface area contributed by atoms with Crippen LogP contribution in [0.3, 0.4) is 0 Å². The summed E-state index contributed by atoms with van der Waals surface area (Å²) in [6.07, 6.45) is 0. The Bertz CT molecular complexity index is 1790. The molecule has 38 heavy (non-hydrogen) atoms. The summed E-state index contributed by atoms with van der Waals surface area (Å²) in [5, 5.41) is 14.2. The van der Waals surface area contributed by atoms with Gasteiger partial charge in [0.25, 0.3) is 0 Å². The summed E-state index contributed by atoms with van der Waals surface area (Å²) >= 11 is 0. The lowest BCUT2D eigenvalue weighted by atomic mass is 10.1. The molecular formula is C32H24N2O2P2. The number of nitrogens with one attached hydrogen (secondary N) is 2. The number of anilines is 4. The van der Waals surface area contributed by atoms with Gasteiger partial charge in [0.15, 0.2) is 0 Å². The molecule has 7 rings (SSSR count). The van der Waals surface area contributed by atoms with Crippen LogP contribution < -0.4 is 31.9 Å². The normalized spacial score (nSPS) is 16.5. The Hall–Kier alpha value is -4.10. The van der Waals surface area contributed by atoms with Crippen LogP contribution >= 0.6 is 15.6 Å². The van der Waals surface area contributed by atoms with Crippen LogP contribution in [-0.4, -0.2) is 0 Å². The van der Waals surface area contributed by atoms with Gasteiger partial charge in [0, 0.05) is 44.0 Å². The van der Waals surface area contributed by atoms with E-state index in [4.69, 9.17) is 0 Å². The minimum absolute atomic E-state index is 0.739. The molecule has 1 aliphatic heterocycles. The molecule has 0 amide bonds. The Morgan fingerprint density at radius 2 is 0.711 bits per heavy atom. The summed E-state index contributed by atoms with van der Waals surface area (Å²) in [6.45, 7) is 0. The van der Waals surface area contributed by atoms with Gasteiger partial charge in [-0.05, 0) is 70.1 Å². The topological polar surface area (TPSA) is 58.2 Å². The lowest BCUT2D eigenvalue weighted by molar-refractivity contribution is 0.597. The molecule has 4 nitrogen and oxygen atoms in total. The molecule has 1 heterocycles. The molecule has 2 unspecified atom stereocenters. The lowest BCUT2D eigenvalue weighted by Gasteiger charge is -2.21. The highest BCUT2D eigenvalue weighted by Gasteiger charge is 2.22. The van der Waals surface area contributed by atoms with Gasteiger partial charge in [-0.3, -0.25) is 0 Å². The van der Waals surface area contributed by atoms with Gasteiger partial charge in [0.2, 0.25) is 0 Å². The van der Waals surface area contributed by atoms with Crippen LogP contribution in [-0.2, 0) is 9.13 Å². The number of para-hydroxylation sites is 2. The summed E-state index contributed by atoms with van der Waals surface area (Å²) in [5.74, 6) is 0. The number of benzene rings is 6. The second-order valence-electron chi connectivity index (χ2n) is 9.49. The van der Waals surface area contributed by atoms with Gasteiger partial charge >= 0.3 is 0 Å². The molecule has 2 atom stereocenters. The molecule has 0 spiro atoms. The van der Waals surface area contributed by atoms with Crippen molar-refractivity contribution in [1.29, 1.82) is 0 Å². The van der Waals surface area contributed by atoms with Gasteiger partial charge in [-0.1, -0.05) is 72.8 Å². The van der Waals surface area contributed by atoms with E-state index in [-0.39, 0.29) is 0 Å². The first-order valence-corrected chi connectivity index (χ1v) is 15.3. The zero-order valence-electron chi connectivity index (χ0n) is 20.4. The number of hydrogen-bond donors (Lipinski definition) is 2. The van der Waals surface area contributed by atoms with E-state index in [1.165, 1.54) is 0 Å². The fourth-order valence-corrected chi connectivity index (χ4v) is 8.41. The highest BCUT2D eigenvalue weighted by molar-refractivity contribution is 7.62. The molecular weight excluding hydrogens is 506 g/mol. The van der Waals surface area contributed by atoms with Crippen molar-refractivity contribution in [2.75, 3.05) is 10.6 Å². The molecule has 6 aromatic carbocycles. The van der Waals surface area contributed by atoms with Crippen LogP contribution in [0, 0.1) is 0 Å². The summed E-state index contributed by atoms with van der Waals surface area (Å²) in [7, 11) is -4.85. The highest BCUT2D eigenvalue weighted by Crippen LogP contribution is 2.37. The van der Waals surface area contributed by atoms with Gasteiger partial charge in [-0.2, -0.15) is 0 Å². The predicted molar refractivity (Wildman–Crippen MR) is 164 cm³/mol. The first-order chi connectivity index (χ1) is 18.7. The monoisotopic (exact) mass is 530 g/mol. The Morgan fingerprint density at radius 3 is 1.13 bits per heavy atom. The van der Waals surface area contributed by atoms with Crippen LogP contribution in [0.4, 0.5) is 22.7 Å². The molecule has 1 aliphatic rings. The number of hydrogen-bond acceptors (Lipinski definition) is 4. The third-order valence-electron chi connectivity index (χ3n) is 7.14. The molecule has 0 aliphatic carbocycles. The maximum absolute atomic E-state index is 14.3. The molecule has 0 radical (unpaired) electrons. The van der Waals surface area contributed by atoms with E-state index in [9.17, 15) is 9.13 Å². The van der Waals surface area contributed by atoms with E-state index < -0.39 is 15.6 Å². The van der Waals surface area contributed by atoms with E-state index >= 15 is 0 Å². The molecule has 0 aromatic heterocycles. The Kier molecular flexibility index (Phi) is 5.66. The standard InChI is InChI=1S/C32H24N2O2P2/c35-37-30-16-8-6-14-26(30)34-28-18-22-10-2-4-12-24(22)20-32(28)38(36)29-15-7-5-13-25(29)33-27-17-21-9-1-3-11-23(21)19-31(27)37/h1-20,33-34,37-38H. The second-order valence-corrected chi connectivity index (χ2v) is 13.0. The van der Waals surface area contributed by atoms with Crippen molar-refractivity contribution in [2.45, 2.75) is 0 Å². The van der Waals surface area contributed by atoms with Crippen molar-refractivity contribution >= 4 is 81.1 Å². The Balaban J connectivity index is 1.54. The quantitative estimate of drug-likeness (QED) is 0.212. The maximum atomic E-state index is 14.3. The van der Waals surface area contributed by atoms with E-state index in [0.29, 0.717) is 0 Å². The second kappa shape index (κ2) is 9.33. The third-order valence-corrected chi connectivity index (χ3v) is 10.8. The summed E-state index contributed by atoms with van der Waals surface area (Å²) in [5.41, 5.74) is 3.05. The maximum Gasteiger partial charge on any atom is 0.135 e. The molecule has 0 fully saturated rings. The molecule has 0 bridgehead atoms. The van der Waals surface area contributed by atoms with Crippen LogP contribution in [0.2, 0.25) is 0 Å². The van der Waals surface area contributed by atoms with Gasteiger partial charge < -0.3 is 19.8 Å². The Labute approximate surface area is 221 Å². The number of fused-ring (bicyclic) bond motifs is 6. The van der Waals surface area contributed by atoms with Crippen LogP contribution in [0.15, 0.2) is 121 Å². The van der Waals surface area contributed by atoms with Gasteiger partial charge in [0.05, 0.1) is 0 Å². The van der Waals surface area contributed by atoms with Gasteiger partial charge in [-0.15, -0.1) is 0 Å². The first kappa shape index (κ1) is 23.0. The molecule has 2 N–H and O–H groups in total. The average Bonchev–Trinajstić information content (AvgIpc) is 2.96. The minimum Gasteiger partial charge on any atom is -0.354 e. The fourth-order valence-electron chi connectivity index (χ4n) is 5.22. The summed E-state index contributed by atoms with van der Waals surface area (Å²) < 4.78 is 28.7. The van der Waals surface area contributed by atoms with E-state index in [1.54, 1.807) is 0 Å². The van der Waals surface area contributed by atoms with Crippen molar-refractivity contribution in [3.05, 3.63) is 121 Å². The summed E-state index contributed by atoms with van der Waals surface area (Å²) in [6, 6.07) is 39.8. The number of rotatable bonds is 0. The first-order valence-electron chi connectivity index (χ1n) is 12.5. The Morgan fingerprint density at radius 1 is 0.368 bits per heavy atom. The largest absolute Gasteiger partial charge is 0.354 e. The molecule has 0 saturated carbocycles. The van der Waals surface area contributed by atoms with Crippen molar-refractivity contribution in [3.63, 3.8) is 0 Å². The molecule has 0 saturated heterocycles. The fraction of sp³-hybridized carbons (Fsp3) is 0. The molecule has 6 aromatic rings. The zero-order valence-corrected chi connectivity index (χ0v) is 22.4. The van der Waals surface area contributed by atoms with Gasteiger partial charge in [0.1, 0.15) is 15.6 Å². The summed E-state index contributed by atoms with van der Waals surface area (Å²) in [4.78, 5) is 0. The van der Waals surface area contributed by atoms with Crippen LogP contribution in [0.1, 0.15) is 0 Å². The average molecular weight is 531 g/mol. The van der Waals surface area contributed by atoms with Crippen molar-refractivity contribution in [3.8, 4) is 0 Å². The van der Waals surface area contributed by atoms with Gasteiger partial charge in [-0.25, -0.2) is 0 Å². The van der Waals surface area contributed by atoms with Crippen molar-refractivity contribution < 1.29 is 9.13 Å². The van der Waals surface area contributed by atoms with Crippen LogP contribution in [0.5, 0.6) is 0 Å². The van der Waals surface area contributed by atoms with Crippen molar-refractivity contribution in [1.82, 2.24) is 0 Å². The SMILES string of the molecule is O=[PH]1c2ccccc2Nc2cc3ccccc3cc2[PH](=O)c2ccccc2Nc2cc3ccccc3cc21. The van der Waals surface area contributed by atoms with E-state index in [0.717, 1.165) is 65.5 Å². The molecule has 6 heteroatoms. The third kappa shape index (κ3) is 3.94. The zero-order chi connectivity index (χ0) is 25.6. The highest BCUT2D eigenvalue weighted by atomic mass is 31.1.